The maximum Gasteiger partial charge on any atom is 0.338 e. The Morgan fingerprint density at radius 1 is 1.36 bits per heavy atom. The van der Waals surface area contributed by atoms with E-state index >= 15 is 0 Å². The number of esters is 1. The number of halogens is 1. The number of nitrogens with zero attached hydrogens (tertiary/aromatic N) is 3. The molecule has 0 saturated carbocycles. The topological polar surface area (TPSA) is 54.8 Å². The summed E-state index contributed by atoms with van der Waals surface area (Å²) in [7, 11) is 1.94. The quantitative estimate of drug-likeness (QED) is 0.455. The van der Waals surface area contributed by atoms with E-state index < -0.39 is 11.8 Å². The van der Waals surface area contributed by atoms with Crippen molar-refractivity contribution in [2.24, 2.45) is 4.99 Å². The molecule has 25 heavy (non-hydrogen) atoms. The van der Waals surface area contributed by atoms with Crippen molar-refractivity contribution >= 4 is 18.0 Å². The lowest BCUT2D eigenvalue weighted by Crippen LogP contribution is -2.14. The monoisotopic (exact) mass is 343 g/mol. The molecule has 1 aromatic heterocycles. The van der Waals surface area contributed by atoms with Gasteiger partial charge in [-0.2, -0.15) is 0 Å². The molecule has 0 N–H and O–H groups in total. The number of pyridine rings is 1. The van der Waals surface area contributed by atoms with Crippen LogP contribution < -0.4 is 0 Å². The summed E-state index contributed by atoms with van der Waals surface area (Å²) < 4.78 is 18.7. The van der Waals surface area contributed by atoms with Gasteiger partial charge < -0.3 is 9.64 Å². The predicted molar refractivity (Wildman–Crippen MR) is 95.7 cm³/mol. The first-order chi connectivity index (χ1) is 11.9. The number of hydrogen-bond acceptors (Lipinski definition) is 4. The minimum Gasteiger partial charge on any atom is -0.455 e. The van der Waals surface area contributed by atoms with Gasteiger partial charge in [0.05, 0.1) is 17.6 Å². The number of carbonyl (C=O) groups excluding carboxylic acids is 1. The molecule has 132 valence electrons. The van der Waals surface area contributed by atoms with E-state index in [-0.39, 0.29) is 12.3 Å². The number of hydrogen-bond donors (Lipinski definition) is 0. The summed E-state index contributed by atoms with van der Waals surface area (Å²) in [5, 5.41) is 0. The van der Waals surface area contributed by atoms with Crippen LogP contribution in [0.2, 0.25) is 0 Å². The number of aryl methyl sites for hydroxylation is 2. The SMILES string of the molecule is CCN(C)/C=N/c1cc(C)c(C(=O)OCc2ncccc2F)cc1C. The van der Waals surface area contributed by atoms with Gasteiger partial charge in [0.2, 0.25) is 0 Å². The van der Waals surface area contributed by atoms with Gasteiger partial charge in [-0.1, -0.05) is 0 Å². The number of ether oxygens (including phenoxy) is 1. The van der Waals surface area contributed by atoms with Crippen molar-refractivity contribution < 1.29 is 13.9 Å². The Morgan fingerprint density at radius 2 is 2.12 bits per heavy atom. The second-order valence-electron chi connectivity index (χ2n) is 5.78. The molecule has 6 heteroatoms. The smallest absolute Gasteiger partial charge is 0.338 e. The highest BCUT2D eigenvalue weighted by Gasteiger charge is 2.14. The molecular weight excluding hydrogens is 321 g/mol. The van der Waals surface area contributed by atoms with Gasteiger partial charge >= 0.3 is 5.97 Å². The Bertz CT molecular complexity index is 790. The minimum atomic E-state index is -0.508. The van der Waals surface area contributed by atoms with Gasteiger partial charge in [-0.3, -0.25) is 4.98 Å². The molecule has 0 aliphatic rings. The summed E-state index contributed by atoms with van der Waals surface area (Å²) in [4.78, 5) is 22.6. The van der Waals surface area contributed by atoms with Crippen LogP contribution >= 0.6 is 0 Å². The van der Waals surface area contributed by atoms with E-state index in [0.29, 0.717) is 5.56 Å². The van der Waals surface area contributed by atoms with Crippen molar-refractivity contribution in [3.05, 3.63) is 58.7 Å². The fourth-order valence-corrected chi connectivity index (χ4v) is 2.14. The molecule has 0 aliphatic carbocycles. The highest BCUT2D eigenvalue weighted by atomic mass is 19.1. The van der Waals surface area contributed by atoms with Crippen LogP contribution in [0.4, 0.5) is 10.1 Å². The minimum absolute atomic E-state index is 0.106. The van der Waals surface area contributed by atoms with Gasteiger partial charge in [0.15, 0.2) is 0 Å². The summed E-state index contributed by atoms with van der Waals surface area (Å²) >= 11 is 0. The first-order valence-corrected chi connectivity index (χ1v) is 8.04. The zero-order valence-electron chi connectivity index (χ0n) is 14.9. The molecule has 0 spiro atoms. The van der Waals surface area contributed by atoms with Crippen molar-refractivity contribution in [2.45, 2.75) is 27.4 Å². The van der Waals surface area contributed by atoms with Crippen LogP contribution in [-0.2, 0) is 11.3 Å². The molecule has 0 bridgehead atoms. The predicted octanol–water partition coefficient (Wildman–Crippen LogP) is 3.81. The normalized spacial score (nSPS) is 10.9. The van der Waals surface area contributed by atoms with Gasteiger partial charge in [0, 0.05) is 19.8 Å². The third-order valence-electron chi connectivity index (χ3n) is 3.83. The Labute approximate surface area is 147 Å². The van der Waals surface area contributed by atoms with E-state index in [1.807, 2.05) is 38.8 Å². The standard InChI is InChI=1S/C19H22FN3O2/c1-5-23(4)12-22-17-10-13(2)15(9-14(17)3)19(24)25-11-18-16(20)7-6-8-21-18/h6-10,12H,5,11H2,1-4H3/b22-12+. The van der Waals surface area contributed by atoms with Crippen molar-refractivity contribution in [1.82, 2.24) is 9.88 Å². The molecule has 0 amide bonds. The highest BCUT2D eigenvalue weighted by molar-refractivity contribution is 5.92. The lowest BCUT2D eigenvalue weighted by Gasteiger charge is -2.12. The van der Waals surface area contributed by atoms with Crippen LogP contribution in [0.25, 0.3) is 0 Å². The first-order valence-electron chi connectivity index (χ1n) is 8.04. The lowest BCUT2D eigenvalue weighted by molar-refractivity contribution is 0.0462. The van der Waals surface area contributed by atoms with E-state index in [1.165, 1.54) is 18.3 Å². The molecule has 0 unspecified atom stereocenters. The Kier molecular flexibility index (Phi) is 6.22. The van der Waals surface area contributed by atoms with Crippen LogP contribution in [0.5, 0.6) is 0 Å². The maximum absolute atomic E-state index is 13.5. The van der Waals surface area contributed by atoms with Gasteiger partial charge in [-0.15, -0.1) is 0 Å². The molecule has 1 aromatic carbocycles. The van der Waals surface area contributed by atoms with Crippen molar-refractivity contribution in [2.75, 3.05) is 13.6 Å². The molecule has 0 aliphatic heterocycles. The van der Waals surface area contributed by atoms with Crippen LogP contribution in [0.15, 0.2) is 35.5 Å². The molecule has 1 heterocycles. The van der Waals surface area contributed by atoms with Crippen LogP contribution in [-0.4, -0.2) is 35.8 Å². The average Bonchev–Trinajstić information content (AvgIpc) is 2.60. The van der Waals surface area contributed by atoms with Gasteiger partial charge in [0.25, 0.3) is 0 Å². The summed E-state index contributed by atoms with van der Waals surface area (Å²) in [6.07, 6.45) is 3.21. The molecule has 0 atom stereocenters. The molecular formula is C19H22FN3O2. The number of rotatable bonds is 6. The third kappa shape index (κ3) is 4.86. The molecule has 0 radical (unpaired) electrons. The fourth-order valence-electron chi connectivity index (χ4n) is 2.14. The van der Waals surface area contributed by atoms with Crippen molar-refractivity contribution in [1.29, 1.82) is 0 Å². The molecule has 0 saturated heterocycles. The molecule has 2 aromatic rings. The molecule has 2 rings (SSSR count). The van der Waals surface area contributed by atoms with E-state index in [2.05, 4.69) is 9.98 Å². The van der Waals surface area contributed by atoms with E-state index in [1.54, 1.807) is 12.4 Å². The largest absolute Gasteiger partial charge is 0.455 e. The summed E-state index contributed by atoms with van der Waals surface area (Å²) in [5.41, 5.74) is 2.96. The summed E-state index contributed by atoms with van der Waals surface area (Å²) in [6.45, 7) is 6.39. The maximum atomic E-state index is 13.5. The van der Waals surface area contributed by atoms with Crippen molar-refractivity contribution in [3.8, 4) is 0 Å². The number of aromatic nitrogens is 1. The Balaban J connectivity index is 2.13. The second kappa shape index (κ2) is 8.37. The first kappa shape index (κ1) is 18.6. The Hall–Kier alpha value is -2.76. The zero-order valence-corrected chi connectivity index (χ0v) is 14.9. The highest BCUT2D eigenvalue weighted by Crippen LogP contribution is 2.24. The number of aliphatic imine (C=N–C) groups is 1. The summed E-state index contributed by atoms with van der Waals surface area (Å²) in [6, 6.07) is 6.35. The van der Waals surface area contributed by atoms with Crippen molar-refractivity contribution in [3.63, 3.8) is 0 Å². The molecule has 5 nitrogen and oxygen atoms in total. The van der Waals surface area contributed by atoms with Crippen LogP contribution in [0.1, 0.15) is 34.1 Å². The molecule has 0 fully saturated rings. The second-order valence-corrected chi connectivity index (χ2v) is 5.78. The lowest BCUT2D eigenvalue weighted by atomic mass is 10.0. The van der Waals surface area contributed by atoms with Gasteiger partial charge in [-0.05, 0) is 56.2 Å². The van der Waals surface area contributed by atoms with E-state index in [9.17, 15) is 9.18 Å². The van der Waals surface area contributed by atoms with Crippen LogP contribution in [0, 0.1) is 19.7 Å². The number of benzene rings is 1. The van der Waals surface area contributed by atoms with Crippen LogP contribution in [0.3, 0.4) is 0 Å². The Morgan fingerprint density at radius 3 is 2.80 bits per heavy atom. The van der Waals surface area contributed by atoms with E-state index in [4.69, 9.17) is 4.74 Å². The zero-order chi connectivity index (χ0) is 18.4. The van der Waals surface area contributed by atoms with E-state index in [0.717, 1.165) is 23.4 Å². The number of carbonyl (C=O) groups is 1. The summed E-state index contributed by atoms with van der Waals surface area (Å²) in [5.74, 6) is -1.00. The third-order valence-corrected chi connectivity index (χ3v) is 3.83. The fraction of sp³-hybridized carbons (Fsp3) is 0.316. The van der Waals surface area contributed by atoms with Gasteiger partial charge in [0.1, 0.15) is 18.1 Å². The van der Waals surface area contributed by atoms with Gasteiger partial charge in [-0.25, -0.2) is 14.2 Å². The average molecular weight is 343 g/mol.